The Hall–Kier alpha value is -2.75. The fourth-order valence-corrected chi connectivity index (χ4v) is 4.90. The van der Waals surface area contributed by atoms with E-state index in [0.29, 0.717) is 44.1 Å². The Morgan fingerprint density at radius 1 is 1.06 bits per heavy atom. The summed E-state index contributed by atoms with van der Waals surface area (Å²) in [7, 11) is 1.87. The molecule has 0 bridgehead atoms. The fraction of sp³-hybridized carbons (Fsp3) is 0.565. The van der Waals surface area contributed by atoms with Crippen molar-refractivity contribution in [3.63, 3.8) is 0 Å². The molecule has 2 aliphatic rings. The minimum absolute atomic E-state index is 0.0347. The number of morpholine rings is 1. The van der Waals surface area contributed by atoms with Crippen molar-refractivity contribution in [2.75, 3.05) is 24.6 Å². The molecular weight excluding hydrogens is 433 g/mol. The molecule has 2 fully saturated rings. The lowest BCUT2D eigenvalue weighted by molar-refractivity contribution is -0.182. The van der Waals surface area contributed by atoms with E-state index in [2.05, 4.69) is 15.0 Å². The summed E-state index contributed by atoms with van der Waals surface area (Å²) in [5.41, 5.74) is 3.24. The van der Waals surface area contributed by atoms with Gasteiger partial charge in [0.2, 0.25) is 5.95 Å². The highest BCUT2D eigenvalue weighted by Gasteiger charge is 2.42. The number of aryl methyl sites for hydroxylation is 2. The average molecular weight is 461 g/mol. The molecule has 0 radical (unpaired) electrons. The van der Waals surface area contributed by atoms with Crippen LogP contribution in [0.2, 0.25) is 0 Å². The third kappa shape index (κ3) is 4.53. The van der Waals surface area contributed by atoms with Gasteiger partial charge in [-0.1, -0.05) is 0 Å². The number of fused-ring (bicyclic) bond motifs is 1. The Morgan fingerprint density at radius 2 is 1.85 bits per heavy atom. The zero-order valence-corrected chi connectivity index (χ0v) is 18.7. The van der Waals surface area contributed by atoms with Crippen LogP contribution in [0.3, 0.4) is 0 Å². The summed E-state index contributed by atoms with van der Waals surface area (Å²) < 4.78 is 47.3. The lowest BCUT2D eigenvalue weighted by Gasteiger charge is -2.34. The smallest absolute Gasteiger partial charge is 0.370 e. The molecule has 33 heavy (non-hydrogen) atoms. The molecule has 0 aromatic carbocycles. The van der Waals surface area contributed by atoms with Crippen LogP contribution in [0.25, 0.3) is 11.0 Å². The van der Waals surface area contributed by atoms with Crippen molar-refractivity contribution in [1.29, 1.82) is 0 Å². The molecule has 1 saturated carbocycles. The third-order valence-corrected chi connectivity index (χ3v) is 6.74. The quantitative estimate of drug-likeness (QED) is 0.574. The molecule has 0 spiro atoms. The van der Waals surface area contributed by atoms with Crippen LogP contribution >= 0.6 is 0 Å². The van der Waals surface area contributed by atoms with E-state index in [1.54, 1.807) is 10.9 Å². The second-order valence-corrected chi connectivity index (χ2v) is 9.08. The Kier molecular flexibility index (Phi) is 5.72. The van der Waals surface area contributed by atoms with Gasteiger partial charge in [-0.3, -0.25) is 4.68 Å². The molecule has 1 unspecified atom stereocenters. The lowest BCUT2D eigenvalue weighted by atomic mass is 9.79. The molecule has 3 aromatic heterocycles. The first-order chi connectivity index (χ1) is 15.8. The second kappa shape index (κ2) is 8.55. The predicted molar refractivity (Wildman–Crippen MR) is 117 cm³/mol. The zero-order chi connectivity index (χ0) is 23.2. The van der Waals surface area contributed by atoms with Crippen LogP contribution in [0.15, 0.2) is 24.5 Å². The highest BCUT2D eigenvalue weighted by atomic mass is 19.4. The molecule has 0 amide bonds. The van der Waals surface area contributed by atoms with E-state index in [1.165, 1.54) is 0 Å². The number of rotatable bonds is 3. The summed E-state index contributed by atoms with van der Waals surface area (Å²) in [5.74, 6) is -0.695. The van der Waals surface area contributed by atoms with Crippen LogP contribution in [0.4, 0.5) is 19.1 Å². The van der Waals surface area contributed by atoms with Crippen molar-refractivity contribution < 1.29 is 17.9 Å². The van der Waals surface area contributed by atoms with Gasteiger partial charge in [-0.2, -0.15) is 23.3 Å². The normalized spacial score (nSPS) is 24.4. The molecule has 176 valence electrons. The van der Waals surface area contributed by atoms with E-state index in [0.717, 1.165) is 22.3 Å². The molecule has 7 nitrogen and oxygen atoms in total. The average Bonchev–Trinajstić information content (AvgIpc) is 3.24. The number of ether oxygens (including phenoxy) is 1. The van der Waals surface area contributed by atoms with Gasteiger partial charge in [-0.05, 0) is 44.7 Å². The lowest BCUT2D eigenvalue weighted by Crippen LogP contribution is -2.39. The number of alkyl halides is 3. The Bertz CT molecular complexity index is 1140. The minimum atomic E-state index is -4.13. The first-order valence-electron chi connectivity index (χ1n) is 11.3. The van der Waals surface area contributed by atoms with Gasteiger partial charge < -0.3 is 9.64 Å². The van der Waals surface area contributed by atoms with E-state index in [4.69, 9.17) is 14.7 Å². The molecule has 10 heteroatoms. The molecule has 1 aliphatic carbocycles. The summed E-state index contributed by atoms with van der Waals surface area (Å²) in [6, 6.07) is 3.85. The van der Waals surface area contributed by atoms with Crippen LogP contribution in [-0.4, -0.2) is 50.6 Å². The maximum Gasteiger partial charge on any atom is 0.391 e. The number of pyridine rings is 1. The third-order valence-electron chi connectivity index (χ3n) is 6.74. The van der Waals surface area contributed by atoms with Gasteiger partial charge in [-0.25, -0.2) is 9.97 Å². The minimum Gasteiger partial charge on any atom is -0.370 e. The van der Waals surface area contributed by atoms with Gasteiger partial charge in [0.1, 0.15) is 6.10 Å². The summed E-state index contributed by atoms with van der Waals surface area (Å²) in [4.78, 5) is 16.4. The summed E-state index contributed by atoms with van der Waals surface area (Å²) >= 11 is 0. The highest BCUT2D eigenvalue weighted by Crippen LogP contribution is 2.44. The maximum atomic E-state index is 13.2. The van der Waals surface area contributed by atoms with Crippen LogP contribution < -0.4 is 4.90 Å². The number of aromatic nitrogens is 5. The summed E-state index contributed by atoms with van der Waals surface area (Å²) in [6.45, 7) is 3.63. The van der Waals surface area contributed by atoms with E-state index >= 15 is 0 Å². The van der Waals surface area contributed by atoms with Gasteiger partial charge in [0.15, 0.2) is 5.65 Å². The van der Waals surface area contributed by atoms with Crippen molar-refractivity contribution in [2.45, 2.75) is 50.8 Å². The maximum absolute atomic E-state index is 13.2. The predicted octanol–water partition coefficient (Wildman–Crippen LogP) is 4.48. The van der Waals surface area contributed by atoms with E-state index < -0.39 is 12.1 Å². The zero-order valence-electron chi connectivity index (χ0n) is 18.7. The molecular formula is C23H27F3N6O. The largest absolute Gasteiger partial charge is 0.391 e. The van der Waals surface area contributed by atoms with Crippen LogP contribution in [0.5, 0.6) is 0 Å². The van der Waals surface area contributed by atoms with Crippen LogP contribution in [-0.2, 0) is 11.8 Å². The van der Waals surface area contributed by atoms with Gasteiger partial charge >= 0.3 is 6.18 Å². The van der Waals surface area contributed by atoms with Gasteiger partial charge in [0.05, 0.1) is 31.0 Å². The van der Waals surface area contributed by atoms with E-state index in [9.17, 15) is 13.2 Å². The monoisotopic (exact) mass is 460 g/mol. The molecule has 0 N–H and O–H groups in total. The molecule has 4 heterocycles. The van der Waals surface area contributed by atoms with Crippen molar-refractivity contribution >= 4 is 17.0 Å². The number of hydrogen-bond donors (Lipinski definition) is 0. The van der Waals surface area contributed by atoms with Crippen molar-refractivity contribution in [3.05, 3.63) is 41.5 Å². The Balaban J connectivity index is 1.46. The number of hydrogen-bond acceptors (Lipinski definition) is 6. The van der Waals surface area contributed by atoms with Crippen molar-refractivity contribution in [1.82, 2.24) is 24.7 Å². The molecule has 1 saturated heterocycles. The van der Waals surface area contributed by atoms with Crippen LogP contribution in [0.1, 0.15) is 54.7 Å². The topological polar surface area (TPSA) is 69.0 Å². The SMILES string of the molecule is Cc1ccc2c(C3CCC(C(F)(F)F)CC3)nc(N3CCOC(c4cnn(C)c4)C3)nc2n1. The van der Waals surface area contributed by atoms with Crippen molar-refractivity contribution in [2.24, 2.45) is 13.0 Å². The van der Waals surface area contributed by atoms with E-state index in [-0.39, 0.29) is 24.9 Å². The van der Waals surface area contributed by atoms with Gasteiger partial charge in [0.25, 0.3) is 0 Å². The Morgan fingerprint density at radius 3 is 2.55 bits per heavy atom. The van der Waals surface area contributed by atoms with E-state index in [1.807, 2.05) is 32.3 Å². The van der Waals surface area contributed by atoms with Gasteiger partial charge in [-0.15, -0.1) is 0 Å². The number of anilines is 1. The standard InChI is InChI=1S/C23H27F3N6O/c1-14-3-8-18-20(15-4-6-17(7-5-15)23(24,25)26)29-22(30-21(18)28-14)32-9-10-33-19(13-32)16-11-27-31(2)12-16/h3,8,11-12,15,17,19H,4-7,9-10,13H2,1-2H3. The molecule has 1 atom stereocenters. The molecule has 1 aliphatic heterocycles. The second-order valence-electron chi connectivity index (χ2n) is 9.08. The summed E-state index contributed by atoms with van der Waals surface area (Å²) in [5, 5.41) is 5.07. The molecule has 5 rings (SSSR count). The number of nitrogens with zero attached hydrogens (tertiary/aromatic N) is 6. The first-order valence-corrected chi connectivity index (χ1v) is 11.3. The number of halogens is 3. The Labute approximate surface area is 190 Å². The molecule has 3 aromatic rings. The van der Waals surface area contributed by atoms with Crippen LogP contribution in [0, 0.1) is 12.8 Å². The first kappa shape index (κ1) is 22.1. The van der Waals surface area contributed by atoms with Crippen molar-refractivity contribution in [3.8, 4) is 0 Å². The fourth-order valence-electron chi connectivity index (χ4n) is 4.90. The summed E-state index contributed by atoms with van der Waals surface area (Å²) in [6.07, 6.45) is 0.649. The van der Waals surface area contributed by atoms with Gasteiger partial charge in [0, 0.05) is 42.4 Å². The highest BCUT2D eigenvalue weighted by molar-refractivity contribution is 5.79.